The molecule has 0 bridgehead atoms. The summed E-state index contributed by atoms with van der Waals surface area (Å²) >= 11 is 0. The Morgan fingerprint density at radius 2 is 1.00 bits per heavy atom. The molecule has 0 aromatic heterocycles. The van der Waals surface area contributed by atoms with E-state index in [0.717, 1.165) is 0 Å². The summed E-state index contributed by atoms with van der Waals surface area (Å²) in [5, 5.41) is 0. The first-order valence-electron chi connectivity index (χ1n) is 0.667. The first-order chi connectivity index (χ1) is 2.00. The van der Waals surface area contributed by atoms with Gasteiger partial charge in [0.05, 0.1) is 0 Å². The summed E-state index contributed by atoms with van der Waals surface area (Å²) in [7, 11) is -5.17. The number of hydrogen-bond donors (Lipinski definition) is 0. The minimum Gasteiger partial charge on any atom is -1.00 e. The molecule has 0 saturated carbocycles. The normalized spacial score (nSPS) is 7.25. The van der Waals surface area contributed by atoms with Crippen LogP contribution < -0.4 is 12.4 Å². The van der Waals surface area contributed by atoms with Crippen molar-refractivity contribution in [2.24, 2.45) is 0 Å². The fourth-order valence-corrected chi connectivity index (χ4v) is 0. The summed E-state index contributed by atoms with van der Waals surface area (Å²) in [5.74, 6) is 0. The van der Waals surface area contributed by atoms with E-state index in [4.69, 9.17) is 17.5 Å². The number of hydrogen-bond acceptors (Lipinski definition) is 4. The molecular formula is ClO4SZn2+. The first kappa shape index (κ1) is 22.7. The van der Waals surface area contributed by atoms with Crippen LogP contribution in [0.4, 0.5) is 0 Å². The van der Waals surface area contributed by atoms with Crippen molar-refractivity contribution in [3.05, 3.63) is 0 Å². The average molecular weight is 262 g/mol. The van der Waals surface area contributed by atoms with Crippen molar-refractivity contribution in [3.8, 4) is 0 Å². The molecule has 0 unspecified atom stereocenters. The largest absolute Gasteiger partial charge is 2.00 e. The second kappa shape index (κ2) is 8.41. The zero-order chi connectivity index (χ0) is 4.50. The van der Waals surface area contributed by atoms with Crippen molar-refractivity contribution in [1.82, 2.24) is 0 Å². The summed E-state index contributed by atoms with van der Waals surface area (Å²) < 4.78 is 34.1. The Labute approximate surface area is 78.9 Å². The van der Waals surface area contributed by atoms with Gasteiger partial charge in [-0.1, -0.05) is 0 Å². The Balaban J connectivity index is -0.0000000267. The Hall–Kier alpha value is 1.41. The van der Waals surface area contributed by atoms with Crippen LogP contribution >= 0.6 is 0 Å². The van der Waals surface area contributed by atoms with Crippen molar-refractivity contribution in [2.75, 3.05) is 0 Å². The van der Waals surface area contributed by atoms with E-state index in [1.54, 1.807) is 0 Å². The van der Waals surface area contributed by atoms with Crippen LogP contribution in [0.5, 0.6) is 0 Å². The number of halogens is 1. The molecule has 0 aliphatic rings. The molecule has 8 heavy (non-hydrogen) atoms. The summed E-state index contributed by atoms with van der Waals surface area (Å²) in [4.78, 5) is 0. The fourth-order valence-electron chi connectivity index (χ4n) is 0. The smallest absolute Gasteiger partial charge is 1.00 e. The van der Waals surface area contributed by atoms with Crippen LogP contribution in [0.2, 0.25) is 0 Å². The monoisotopic (exact) mass is 259 g/mol. The van der Waals surface area contributed by atoms with Crippen molar-refractivity contribution in [3.63, 3.8) is 0 Å². The van der Waals surface area contributed by atoms with Gasteiger partial charge in [-0.05, 0) is 0 Å². The van der Waals surface area contributed by atoms with Gasteiger partial charge in [-0.15, -0.1) is 0 Å². The molecular weight excluding hydrogens is 262 g/mol. The molecule has 0 N–H and O–H groups in total. The maximum absolute atomic E-state index is 8.52. The van der Waals surface area contributed by atoms with Gasteiger partial charge >= 0.3 is 39.0 Å². The minimum absolute atomic E-state index is 0. The van der Waals surface area contributed by atoms with E-state index in [1.807, 2.05) is 0 Å². The molecule has 0 aliphatic heterocycles. The van der Waals surface area contributed by atoms with Crippen LogP contribution in [0.25, 0.3) is 0 Å². The van der Waals surface area contributed by atoms with E-state index in [2.05, 4.69) is 0 Å². The summed E-state index contributed by atoms with van der Waals surface area (Å²) in [6.07, 6.45) is 0. The van der Waals surface area contributed by atoms with E-state index in [1.165, 1.54) is 0 Å². The molecule has 0 atom stereocenters. The van der Waals surface area contributed by atoms with Crippen molar-refractivity contribution < 1.29 is 68.9 Å². The van der Waals surface area contributed by atoms with E-state index in [0.29, 0.717) is 0 Å². The topological polar surface area (TPSA) is 80.3 Å². The minimum atomic E-state index is -5.17. The molecule has 0 aromatic carbocycles. The molecule has 0 aliphatic carbocycles. The van der Waals surface area contributed by atoms with Crippen molar-refractivity contribution in [2.45, 2.75) is 0 Å². The van der Waals surface area contributed by atoms with Gasteiger partial charge in [-0.25, -0.2) is 0 Å². The molecule has 0 aromatic rings. The standard InChI is InChI=1S/ClH.H2O4S.2Zn/c;1-5(2,3)4;;/h1H;(H2,1,2,3,4);;/q;;2*+2/p-3. The van der Waals surface area contributed by atoms with Gasteiger partial charge in [0.2, 0.25) is 0 Å². The van der Waals surface area contributed by atoms with Crippen LogP contribution in [0, 0.1) is 0 Å². The van der Waals surface area contributed by atoms with Crippen LogP contribution in [0.15, 0.2) is 0 Å². The van der Waals surface area contributed by atoms with E-state index < -0.39 is 10.4 Å². The predicted molar refractivity (Wildman–Crippen MR) is 10.5 cm³/mol. The van der Waals surface area contributed by atoms with Gasteiger partial charge < -0.3 is 21.5 Å². The fraction of sp³-hybridized carbons (Fsp3) is 0. The van der Waals surface area contributed by atoms with Gasteiger partial charge in [-0.3, -0.25) is 8.42 Å². The molecule has 0 fully saturated rings. The Morgan fingerprint density at radius 3 is 1.00 bits per heavy atom. The second-order valence-electron chi connectivity index (χ2n) is 0.408. The van der Waals surface area contributed by atoms with Crippen LogP contribution in [-0.4, -0.2) is 17.5 Å². The Bertz CT molecular complexity index is 97.2. The average Bonchev–Trinajstić information content (AvgIpc) is 0.722. The van der Waals surface area contributed by atoms with Gasteiger partial charge in [0.1, 0.15) is 0 Å². The van der Waals surface area contributed by atoms with E-state index >= 15 is 0 Å². The second-order valence-corrected chi connectivity index (χ2v) is 1.22. The van der Waals surface area contributed by atoms with Crippen LogP contribution in [0.3, 0.4) is 0 Å². The third-order valence-corrected chi connectivity index (χ3v) is 0. The van der Waals surface area contributed by atoms with Crippen molar-refractivity contribution in [1.29, 1.82) is 0 Å². The summed E-state index contributed by atoms with van der Waals surface area (Å²) in [6, 6.07) is 0. The zero-order valence-electron chi connectivity index (χ0n) is 3.83. The molecule has 40 valence electrons. The van der Waals surface area contributed by atoms with E-state index in [9.17, 15) is 0 Å². The zero-order valence-corrected chi connectivity index (χ0v) is 11.3. The molecule has 0 amide bonds. The molecule has 0 spiro atoms. The molecule has 0 radical (unpaired) electrons. The first-order valence-corrected chi connectivity index (χ1v) is 2.00. The van der Waals surface area contributed by atoms with Gasteiger partial charge in [0.25, 0.3) is 0 Å². The SMILES string of the molecule is O=S(=O)([O-])[O-].[Cl-].[Zn+2].[Zn+2]. The number of rotatable bonds is 0. The predicted octanol–water partition coefficient (Wildman–Crippen LogP) is -4.34. The summed E-state index contributed by atoms with van der Waals surface area (Å²) in [6.45, 7) is 0. The van der Waals surface area contributed by atoms with Gasteiger partial charge in [0, 0.05) is 10.4 Å². The third kappa shape index (κ3) is 154. The Morgan fingerprint density at radius 1 is 1.00 bits per heavy atom. The molecule has 8 heteroatoms. The van der Waals surface area contributed by atoms with Crippen LogP contribution in [-0.2, 0) is 49.4 Å². The molecule has 0 saturated heterocycles. The van der Waals surface area contributed by atoms with Gasteiger partial charge in [0.15, 0.2) is 0 Å². The molecule has 0 rings (SSSR count). The molecule has 4 nitrogen and oxygen atoms in total. The maximum atomic E-state index is 8.52. The third-order valence-electron chi connectivity index (χ3n) is 0. The summed E-state index contributed by atoms with van der Waals surface area (Å²) in [5.41, 5.74) is 0. The molecule has 0 heterocycles. The van der Waals surface area contributed by atoms with Crippen LogP contribution in [0.1, 0.15) is 0 Å². The Kier molecular flexibility index (Phi) is 23.9. The van der Waals surface area contributed by atoms with Crippen molar-refractivity contribution >= 4 is 10.4 Å². The quantitative estimate of drug-likeness (QED) is 0.251. The maximum Gasteiger partial charge on any atom is 2.00 e. The van der Waals surface area contributed by atoms with Gasteiger partial charge in [-0.2, -0.15) is 0 Å². The van der Waals surface area contributed by atoms with E-state index in [-0.39, 0.29) is 51.4 Å².